The summed E-state index contributed by atoms with van der Waals surface area (Å²) in [5.74, 6) is 1.14. The van der Waals surface area contributed by atoms with Crippen molar-refractivity contribution in [2.45, 2.75) is 13.8 Å². The maximum atomic E-state index is 9.10. The Kier molecular flexibility index (Phi) is 5.19. The van der Waals surface area contributed by atoms with E-state index in [9.17, 15) is 0 Å². The number of nitrogens with zero attached hydrogens (tertiary/aromatic N) is 1. The van der Waals surface area contributed by atoms with Gasteiger partial charge in [0.15, 0.2) is 0 Å². The normalized spacial score (nSPS) is 11.2. The molecule has 0 aliphatic carbocycles. The lowest BCUT2D eigenvalue weighted by Crippen LogP contribution is -2.30. The number of benzene rings is 1. The molecule has 0 fully saturated rings. The molecule has 1 aromatic carbocycles. The number of rotatable bonds is 5. The van der Waals surface area contributed by atoms with Crippen molar-refractivity contribution >= 4 is 18.8 Å². The van der Waals surface area contributed by atoms with Crippen molar-refractivity contribution in [3.8, 4) is 5.75 Å². The van der Waals surface area contributed by atoms with Crippen LogP contribution in [0.3, 0.4) is 0 Å². The van der Waals surface area contributed by atoms with E-state index in [0.29, 0.717) is 23.7 Å². The fourth-order valence-corrected chi connectivity index (χ4v) is 1.36. The fraction of sp³-hybridized carbons (Fsp3) is 0.417. The molecule has 0 saturated heterocycles. The lowest BCUT2D eigenvalue weighted by Gasteiger charge is -2.12. The van der Waals surface area contributed by atoms with Gasteiger partial charge in [-0.1, -0.05) is 19.9 Å². The Morgan fingerprint density at radius 2 is 2.12 bits per heavy atom. The molecule has 0 spiro atoms. The van der Waals surface area contributed by atoms with Crippen LogP contribution in [0.5, 0.6) is 5.75 Å². The molecule has 0 aliphatic heterocycles. The van der Waals surface area contributed by atoms with Gasteiger partial charge in [0.05, 0.1) is 6.61 Å². The average Bonchev–Trinajstić information content (AvgIpc) is 2.27. The summed E-state index contributed by atoms with van der Waals surface area (Å²) in [6.07, 6.45) is 1.64. The van der Waals surface area contributed by atoms with Crippen molar-refractivity contribution in [2.75, 3.05) is 13.7 Å². The third kappa shape index (κ3) is 4.21. The van der Waals surface area contributed by atoms with E-state index >= 15 is 0 Å². The van der Waals surface area contributed by atoms with Gasteiger partial charge in [-0.3, -0.25) is 4.99 Å². The number of hydrogen-bond donors (Lipinski definition) is 2. The topological polar surface area (TPSA) is 62.1 Å². The Morgan fingerprint density at radius 1 is 1.41 bits per heavy atom. The summed E-state index contributed by atoms with van der Waals surface area (Å²) in [6, 6.07) is 5.02. The van der Waals surface area contributed by atoms with E-state index in [0.717, 1.165) is 5.56 Å². The Labute approximate surface area is 102 Å². The smallest absolute Gasteiger partial charge is 0.488 e. The molecule has 92 valence electrons. The average molecular weight is 235 g/mol. The van der Waals surface area contributed by atoms with E-state index in [-0.39, 0.29) is 0 Å². The Balaban J connectivity index is 2.96. The molecule has 0 aromatic heterocycles. The standard InChI is InChI=1S/C12H18BNO3/c1-9(2)8-17-12-5-4-11(13(15)16)6-10(12)7-14-3/h4-7,9,15-16H,8H2,1-3H3. The molecule has 0 aliphatic rings. The van der Waals surface area contributed by atoms with Crippen molar-refractivity contribution < 1.29 is 14.8 Å². The van der Waals surface area contributed by atoms with Gasteiger partial charge in [-0.05, 0) is 23.5 Å². The molecule has 0 heterocycles. The molecule has 0 bridgehead atoms. The van der Waals surface area contributed by atoms with Crippen LogP contribution in [-0.4, -0.2) is 37.0 Å². The number of aliphatic imine (C=N–C) groups is 1. The second-order valence-corrected chi connectivity index (χ2v) is 4.26. The van der Waals surface area contributed by atoms with Gasteiger partial charge in [-0.2, -0.15) is 0 Å². The molecule has 4 nitrogen and oxygen atoms in total. The van der Waals surface area contributed by atoms with Crippen LogP contribution in [-0.2, 0) is 0 Å². The van der Waals surface area contributed by atoms with Gasteiger partial charge in [0.25, 0.3) is 0 Å². The maximum Gasteiger partial charge on any atom is 0.488 e. The van der Waals surface area contributed by atoms with Crippen molar-refractivity contribution in [1.82, 2.24) is 0 Å². The monoisotopic (exact) mass is 235 g/mol. The molecule has 0 saturated carbocycles. The second-order valence-electron chi connectivity index (χ2n) is 4.26. The molecule has 0 atom stereocenters. The molecule has 17 heavy (non-hydrogen) atoms. The predicted molar refractivity (Wildman–Crippen MR) is 70.1 cm³/mol. The highest BCUT2D eigenvalue weighted by Crippen LogP contribution is 2.16. The minimum atomic E-state index is -1.47. The van der Waals surface area contributed by atoms with Gasteiger partial charge in [0, 0.05) is 18.8 Å². The molecular formula is C12H18BNO3. The first-order valence-corrected chi connectivity index (χ1v) is 5.59. The molecule has 1 rings (SSSR count). The van der Waals surface area contributed by atoms with Gasteiger partial charge in [0.1, 0.15) is 5.75 Å². The van der Waals surface area contributed by atoms with Crippen LogP contribution in [0.1, 0.15) is 19.4 Å². The van der Waals surface area contributed by atoms with Gasteiger partial charge in [-0.25, -0.2) is 0 Å². The molecule has 2 N–H and O–H groups in total. The molecule has 0 unspecified atom stereocenters. The van der Waals surface area contributed by atoms with Crippen LogP contribution in [0.4, 0.5) is 0 Å². The van der Waals surface area contributed by atoms with Crippen LogP contribution < -0.4 is 10.2 Å². The predicted octanol–water partition coefficient (Wildman–Crippen LogP) is 0.450. The summed E-state index contributed by atoms with van der Waals surface area (Å²) in [5, 5.41) is 18.2. The highest BCUT2D eigenvalue weighted by Gasteiger charge is 2.13. The fourth-order valence-electron chi connectivity index (χ4n) is 1.36. The van der Waals surface area contributed by atoms with Crippen molar-refractivity contribution in [3.05, 3.63) is 23.8 Å². The number of hydrogen-bond acceptors (Lipinski definition) is 4. The Bertz CT molecular complexity index is 391. The largest absolute Gasteiger partial charge is 0.493 e. The van der Waals surface area contributed by atoms with E-state index in [1.807, 2.05) is 0 Å². The lowest BCUT2D eigenvalue weighted by molar-refractivity contribution is 0.271. The Hall–Kier alpha value is -1.33. The van der Waals surface area contributed by atoms with Crippen LogP contribution in [0, 0.1) is 5.92 Å². The third-order valence-electron chi connectivity index (χ3n) is 2.17. The van der Waals surface area contributed by atoms with Crippen LogP contribution >= 0.6 is 0 Å². The molecule has 0 amide bonds. The summed E-state index contributed by atoms with van der Waals surface area (Å²) in [6.45, 7) is 4.75. The zero-order valence-corrected chi connectivity index (χ0v) is 10.4. The maximum absolute atomic E-state index is 9.10. The van der Waals surface area contributed by atoms with Gasteiger partial charge >= 0.3 is 7.12 Å². The summed E-state index contributed by atoms with van der Waals surface area (Å²) < 4.78 is 5.63. The molecule has 5 heteroatoms. The first-order chi connectivity index (χ1) is 8.04. The first kappa shape index (κ1) is 13.7. The van der Waals surface area contributed by atoms with E-state index in [4.69, 9.17) is 14.8 Å². The van der Waals surface area contributed by atoms with E-state index in [2.05, 4.69) is 18.8 Å². The summed E-state index contributed by atoms with van der Waals surface area (Å²) >= 11 is 0. The molecule has 0 radical (unpaired) electrons. The second kappa shape index (κ2) is 6.42. The van der Waals surface area contributed by atoms with Crippen LogP contribution in [0.25, 0.3) is 0 Å². The van der Waals surface area contributed by atoms with Gasteiger partial charge in [-0.15, -0.1) is 0 Å². The van der Waals surface area contributed by atoms with Gasteiger partial charge < -0.3 is 14.8 Å². The molecule has 1 aromatic rings. The number of ether oxygens (including phenoxy) is 1. The van der Waals surface area contributed by atoms with Crippen molar-refractivity contribution in [3.63, 3.8) is 0 Å². The molecular weight excluding hydrogens is 217 g/mol. The van der Waals surface area contributed by atoms with E-state index < -0.39 is 7.12 Å². The highest BCUT2D eigenvalue weighted by molar-refractivity contribution is 6.58. The van der Waals surface area contributed by atoms with E-state index in [1.165, 1.54) is 0 Å². The Morgan fingerprint density at radius 3 is 2.65 bits per heavy atom. The van der Waals surface area contributed by atoms with Gasteiger partial charge in [0.2, 0.25) is 0 Å². The van der Waals surface area contributed by atoms with E-state index in [1.54, 1.807) is 31.5 Å². The third-order valence-corrected chi connectivity index (χ3v) is 2.17. The first-order valence-electron chi connectivity index (χ1n) is 5.59. The minimum Gasteiger partial charge on any atom is -0.493 e. The SMILES string of the molecule is CN=Cc1cc(B(O)O)ccc1OCC(C)C. The highest BCUT2D eigenvalue weighted by atomic mass is 16.5. The van der Waals surface area contributed by atoms with Crippen molar-refractivity contribution in [2.24, 2.45) is 10.9 Å². The summed E-state index contributed by atoms with van der Waals surface area (Å²) in [5.41, 5.74) is 1.18. The summed E-state index contributed by atoms with van der Waals surface area (Å²) in [7, 11) is 0.187. The lowest BCUT2D eigenvalue weighted by atomic mass is 9.79. The zero-order valence-electron chi connectivity index (χ0n) is 10.4. The zero-order chi connectivity index (χ0) is 12.8. The van der Waals surface area contributed by atoms with Crippen LogP contribution in [0.15, 0.2) is 23.2 Å². The minimum absolute atomic E-state index is 0.428. The quantitative estimate of drug-likeness (QED) is 0.575. The summed E-state index contributed by atoms with van der Waals surface area (Å²) in [4.78, 5) is 3.93. The van der Waals surface area contributed by atoms with Crippen molar-refractivity contribution in [1.29, 1.82) is 0 Å². The van der Waals surface area contributed by atoms with Crippen LogP contribution in [0.2, 0.25) is 0 Å².